The van der Waals surface area contributed by atoms with Gasteiger partial charge in [0.15, 0.2) is 0 Å². The molecule has 1 aliphatic heterocycles. The first kappa shape index (κ1) is 14.7. The predicted octanol–water partition coefficient (Wildman–Crippen LogP) is 2.30. The number of hydrogen-bond donors (Lipinski definition) is 2. The highest BCUT2D eigenvalue weighted by molar-refractivity contribution is 5.95. The monoisotopic (exact) mass is 301 g/mol. The van der Waals surface area contributed by atoms with Crippen molar-refractivity contribution in [3.63, 3.8) is 0 Å². The number of benzene rings is 1. The Bertz CT molecular complexity index is 706. The van der Waals surface area contributed by atoms with Crippen LogP contribution in [0, 0.1) is 13.8 Å². The number of hydrogen-bond acceptors (Lipinski definition) is 4. The Balaban J connectivity index is 1.76. The highest BCUT2D eigenvalue weighted by Gasteiger charge is 2.36. The number of para-hydroxylation sites is 1. The van der Waals surface area contributed by atoms with Crippen LogP contribution in [-0.4, -0.2) is 24.2 Å². The van der Waals surface area contributed by atoms with Crippen molar-refractivity contribution < 1.29 is 19.1 Å². The lowest BCUT2D eigenvalue weighted by atomic mass is 9.88. The number of nitrogens with one attached hydrogen (secondary N) is 1. The number of rotatable bonds is 3. The third kappa shape index (κ3) is 2.60. The number of aryl methyl sites for hydroxylation is 2. The van der Waals surface area contributed by atoms with Gasteiger partial charge in [0.2, 0.25) is 0 Å². The van der Waals surface area contributed by atoms with Gasteiger partial charge >= 0.3 is 0 Å². The van der Waals surface area contributed by atoms with E-state index >= 15 is 0 Å². The number of aliphatic hydroxyl groups is 1. The van der Waals surface area contributed by atoms with Crippen LogP contribution in [0.2, 0.25) is 0 Å². The molecule has 1 aliphatic rings. The summed E-state index contributed by atoms with van der Waals surface area (Å²) >= 11 is 0. The van der Waals surface area contributed by atoms with Crippen LogP contribution < -0.4 is 10.1 Å². The second-order valence-electron chi connectivity index (χ2n) is 5.64. The fourth-order valence-electron chi connectivity index (χ4n) is 2.80. The second kappa shape index (κ2) is 5.50. The van der Waals surface area contributed by atoms with Crippen molar-refractivity contribution in [2.45, 2.75) is 25.9 Å². The van der Waals surface area contributed by atoms with E-state index in [9.17, 15) is 9.90 Å². The standard InChI is InChI=1S/C17H19NO4/c1-11-9-13(12(2)22-11)16(19)18-10-17(20)7-8-21-15-6-4-3-5-14(15)17/h3-6,9,20H,7-8,10H2,1-2H3,(H,18,19)/t17-/m1/s1. The largest absolute Gasteiger partial charge is 0.493 e. The molecule has 1 aromatic heterocycles. The number of fused-ring (bicyclic) bond motifs is 1. The molecule has 1 aromatic carbocycles. The third-order valence-electron chi connectivity index (χ3n) is 3.99. The van der Waals surface area contributed by atoms with Gasteiger partial charge in [-0.2, -0.15) is 0 Å². The summed E-state index contributed by atoms with van der Waals surface area (Å²) in [4.78, 5) is 12.3. The zero-order valence-electron chi connectivity index (χ0n) is 12.7. The first-order chi connectivity index (χ1) is 10.5. The van der Waals surface area contributed by atoms with E-state index in [4.69, 9.17) is 9.15 Å². The molecule has 0 spiro atoms. The summed E-state index contributed by atoms with van der Waals surface area (Å²) in [6.45, 7) is 4.11. The van der Waals surface area contributed by atoms with Crippen LogP contribution >= 0.6 is 0 Å². The van der Waals surface area contributed by atoms with Crippen LogP contribution in [-0.2, 0) is 5.60 Å². The van der Waals surface area contributed by atoms with Crippen LogP contribution in [0.1, 0.15) is 33.9 Å². The summed E-state index contributed by atoms with van der Waals surface area (Å²) < 4.78 is 10.9. The van der Waals surface area contributed by atoms with E-state index in [1.165, 1.54) is 0 Å². The Labute approximate surface area is 128 Å². The first-order valence-corrected chi connectivity index (χ1v) is 7.29. The van der Waals surface area contributed by atoms with Crippen LogP contribution in [0.5, 0.6) is 5.75 Å². The normalized spacial score (nSPS) is 20.1. The maximum Gasteiger partial charge on any atom is 0.254 e. The van der Waals surface area contributed by atoms with Crippen molar-refractivity contribution in [2.24, 2.45) is 0 Å². The fraction of sp³-hybridized carbons (Fsp3) is 0.353. The minimum absolute atomic E-state index is 0.135. The van der Waals surface area contributed by atoms with Gasteiger partial charge in [-0.1, -0.05) is 18.2 Å². The lowest BCUT2D eigenvalue weighted by Crippen LogP contribution is -2.43. The summed E-state index contributed by atoms with van der Waals surface area (Å²) in [5.41, 5.74) is 0.0973. The Kier molecular flexibility index (Phi) is 3.66. The molecule has 5 heteroatoms. The lowest BCUT2D eigenvalue weighted by Gasteiger charge is -2.34. The van der Waals surface area contributed by atoms with Crippen molar-refractivity contribution in [1.82, 2.24) is 5.32 Å². The summed E-state index contributed by atoms with van der Waals surface area (Å²) in [6.07, 6.45) is 0.438. The van der Waals surface area contributed by atoms with E-state index < -0.39 is 5.60 Å². The molecule has 5 nitrogen and oxygen atoms in total. The van der Waals surface area contributed by atoms with Crippen molar-refractivity contribution in [3.05, 3.63) is 53.0 Å². The molecule has 0 fully saturated rings. The highest BCUT2D eigenvalue weighted by Crippen LogP contribution is 2.36. The van der Waals surface area contributed by atoms with E-state index in [2.05, 4.69) is 5.32 Å². The molecule has 1 atom stereocenters. The number of carbonyl (C=O) groups excluding carboxylic acids is 1. The maximum absolute atomic E-state index is 12.3. The average molecular weight is 301 g/mol. The van der Waals surface area contributed by atoms with E-state index in [-0.39, 0.29) is 12.5 Å². The molecule has 0 radical (unpaired) electrons. The number of carbonyl (C=O) groups is 1. The predicted molar refractivity (Wildman–Crippen MR) is 81.0 cm³/mol. The topological polar surface area (TPSA) is 71.7 Å². The van der Waals surface area contributed by atoms with E-state index in [1.807, 2.05) is 24.3 Å². The lowest BCUT2D eigenvalue weighted by molar-refractivity contribution is -0.00162. The minimum Gasteiger partial charge on any atom is -0.493 e. The van der Waals surface area contributed by atoms with Crippen LogP contribution in [0.3, 0.4) is 0 Å². The molecular formula is C17H19NO4. The molecule has 2 aromatic rings. The smallest absolute Gasteiger partial charge is 0.254 e. The Hall–Kier alpha value is -2.27. The van der Waals surface area contributed by atoms with Gasteiger partial charge in [0, 0.05) is 12.0 Å². The van der Waals surface area contributed by atoms with E-state index in [0.29, 0.717) is 41.4 Å². The van der Waals surface area contributed by atoms with Crippen molar-refractivity contribution in [2.75, 3.05) is 13.2 Å². The molecule has 0 saturated carbocycles. The van der Waals surface area contributed by atoms with E-state index in [0.717, 1.165) is 0 Å². The molecule has 3 rings (SSSR count). The summed E-state index contributed by atoms with van der Waals surface area (Å²) in [5, 5.41) is 13.7. The van der Waals surface area contributed by atoms with Crippen molar-refractivity contribution in [1.29, 1.82) is 0 Å². The highest BCUT2D eigenvalue weighted by atomic mass is 16.5. The summed E-state index contributed by atoms with van der Waals surface area (Å²) in [6, 6.07) is 9.07. The van der Waals surface area contributed by atoms with Gasteiger partial charge in [0.05, 0.1) is 18.7 Å². The fourth-order valence-corrected chi connectivity index (χ4v) is 2.80. The third-order valence-corrected chi connectivity index (χ3v) is 3.99. The molecule has 0 aliphatic carbocycles. The molecule has 2 N–H and O–H groups in total. The van der Waals surface area contributed by atoms with Gasteiger partial charge in [-0.25, -0.2) is 0 Å². The van der Waals surface area contributed by atoms with E-state index in [1.54, 1.807) is 19.9 Å². The molecule has 1 amide bonds. The quantitative estimate of drug-likeness (QED) is 0.912. The van der Waals surface area contributed by atoms with Crippen LogP contribution in [0.4, 0.5) is 0 Å². The zero-order chi connectivity index (χ0) is 15.7. The van der Waals surface area contributed by atoms with Crippen LogP contribution in [0.15, 0.2) is 34.7 Å². The van der Waals surface area contributed by atoms with Gasteiger partial charge in [-0.3, -0.25) is 4.79 Å². The van der Waals surface area contributed by atoms with Crippen molar-refractivity contribution in [3.8, 4) is 5.75 Å². The Morgan fingerprint density at radius 1 is 1.36 bits per heavy atom. The molecule has 116 valence electrons. The SMILES string of the molecule is Cc1cc(C(=O)NC[C@]2(O)CCOc3ccccc32)c(C)o1. The molecular weight excluding hydrogens is 282 g/mol. The molecule has 0 saturated heterocycles. The Morgan fingerprint density at radius 3 is 2.86 bits per heavy atom. The molecule has 0 bridgehead atoms. The number of furan rings is 1. The van der Waals surface area contributed by atoms with Crippen molar-refractivity contribution >= 4 is 5.91 Å². The number of amides is 1. The summed E-state index contributed by atoms with van der Waals surface area (Å²) in [5.74, 6) is 1.69. The molecule has 0 unspecified atom stereocenters. The van der Waals surface area contributed by atoms with Gasteiger partial charge in [-0.15, -0.1) is 0 Å². The van der Waals surface area contributed by atoms with Gasteiger partial charge in [-0.05, 0) is 26.0 Å². The average Bonchev–Trinajstić information content (AvgIpc) is 2.84. The summed E-state index contributed by atoms with van der Waals surface area (Å²) in [7, 11) is 0. The number of ether oxygens (including phenoxy) is 1. The second-order valence-corrected chi connectivity index (χ2v) is 5.64. The van der Waals surface area contributed by atoms with Gasteiger partial charge in [0.25, 0.3) is 5.91 Å². The minimum atomic E-state index is -1.11. The van der Waals surface area contributed by atoms with Gasteiger partial charge in [0.1, 0.15) is 22.9 Å². The maximum atomic E-state index is 12.3. The van der Waals surface area contributed by atoms with Crippen LogP contribution in [0.25, 0.3) is 0 Å². The molecule has 22 heavy (non-hydrogen) atoms. The molecule has 2 heterocycles. The zero-order valence-corrected chi connectivity index (χ0v) is 12.7. The Morgan fingerprint density at radius 2 is 2.14 bits per heavy atom. The first-order valence-electron chi connectivity index (χ1n) is 7.29. The van der Waals surface area contributed by atoms with Gasteiger partial charge < -0.3 is 19.6 Å².